The largest absolute Gasteiger partial charge is 0.434 e. The van der Waals surface area contributed by atoms with E-state index in [1.165, 1.54) is 11.9 Å². The minimum atomic E-state index is -5.73. The zero-order valence-corrected chi connectivity index (χ0v) is 14.4. The Labute approximate surface area is 154 Å². The Morgan fingerprint density at radius 3 is 2.00 bits per heavy atom. The SMILES string of the molecule is N#Cc1ccc(SN2CCN(C(=O)OC(C(F)(F)F)C(F)(F)F)CC2)cc1. The van der Waals surface area contributed by atoms with Gasteiger partial charge in [-0.05, 0) is 36.2 Å². The Bertz CT molecular complexity index is 679. The summed E-state index contributed by atoms with van der Waals surface area (Å²) in [5.41, 5.74) is 0.482. The van der Waals surface area contributed by atoms with Crippen LogP contribution in [-0.2, 0) is 4.74 Å². The van der Waals surface area contributed by atoms with E-state index in [1.807, 2.05) is 6.07 Å². The van der Waals surface area contributed by atoms with E-state index in [9.17, 15) is 31.1 Å². The van der Waals surface area contributed by atoms with Gasteiger partial charge in [-0.15, -0.1) is 0 Å². The normalized spacial score (nSPS) is 16.3. The Morgan fingerprint density at radius 2 is 1.56 bits per heavy atom. The second-order valence-corrected chi connectivity index (χ2v) is 6.66. The van der Waals surface area contributed by atoms with Crippen LogP contribution in [0.1, 0.15) is 5.56 Å². The van der Waals surface area contributed by atoms with Crippen molar-refractivity contribution >= 4 is 18.0 Å². The molecule has 1 aliphatic rings. The number of rotatable bonds is 3. The molecule has 1 fully saturated rings. The smallest absolute Gasteiger partial charge is 0.426 e. The molecule has 0 saturated carbocycles. The zero-order chi connectivity index (χ0) is 20.2. The third kappa shape index (κ3) is 5.93. The first-order valence-electron chi connectivity index (χ1n) is 7.53. The Hall–Kier alpha value is -2.13. The molecule has 0 atom stereocenters. The van der Waals surface area contributed by atoms with Crippen LogP contribution in [0.2, 0.25) is 0 Å². The number of nitriles is 1. The average Bonchev–Trinajstić information content (AvgIpc) is 2.59. The highest BCUT2D eigenvalue weighted by molar-refractivity contribution is 7.97. The molecular weight excluding hydrogens is 400 g/mol. The number of amides is 1. The van der Waals surface area contributed by atoms with Crippen LogP contribution in [0, 0.1) is 11.3 Å². The summed E-state index contributed by atoms with van der Waals surface area (Å²) in [5, 5.41) is 8.74. The molecule has 0 unspecified atom stereocenters. The first-order valence-corrected chi connectivity index (χ1v) is 8.30. The molecule has 1 aliphatic heterocycles. The van der Waals surface area contributed by atoms with Crippen molar-refractivity contribution in [3.05, 3.63) is 29.8 Å². The first-order chi connectivity index (χ1) is 12.5. The van der Waals surface area contributed by atoms with E-state index in [2.05, 4.69) is 4.74 Å². The van der Waals surface area contributed by atoms with Gasteiger partial charge in [-0.2, -0.15) is 31.6 Å². The second kappa shape index (κ2) is 8.26. The Kier molecular flexibility index (Phi) is 6.48. The van der Waals surface area contributed by atoms with Crippen LogP contribution in [0.25, 0.3) is 0 Å². The fraction of sp³-hybridized carbons (Fsp3) is 0.467. The molecule has 0 N–H and O–H groups in total. The van der Waals surface area contributed by atoms with E-state index in [0.29, 0.717) is 5.56 Å². The van der Waals surface area contributed by atoms with Gasteiger partial charge < -0.3 is 9.64 Å². The lowest BCUT2D eigenvalue weighted by molar-refractivity contribution is -0.308. The fourth-order valence-corrected chi connectivity index (χ4v) is 3.10. The molecule has 0 aliphatic carbocycles. The highest BCUT2D eigenvalue weighted by Gasteiger charge is 2.60. The van der Waals surface area contributed by atoms with E-state index in [1.54, 1.807) is 28.6 Å². The van der Waals surface area contributed by atoms with Crippen molar-refractivity contribution in [2.75, 3.05) is 26.2 Å². The van der Waals surface area contributed by atoms with Crippen molar-refractivity contribution in [3.8, 4) is 6.07 Å². The molecule has 0 radical (unpaired) electrons. The molecule has 0 aromatic heterocycles. The molecule has 1 saturated heterocycles. The number of ether oxygens (including phenoxy) is 1. The highest BCUT2D eigenvalue weighted by atomic mass is 32.2. The van der Waals surface area contributed by atoms with Gasteiger partial charge >= 0.3 is 18.4 Å². The van der Waals surface area contributed by atoms with Crippen LogP contribution < -0.4 is 0 Å². The van der Waals surface area contributed by atoms with Gasteiger partial charge in [0.1, 0.15) is 0 Å². The number of carbonyl (C=O) groups is 1. The van der Waals surface area contributed by atoms with Crippen molar-refractivity contribution in [3.63, 3.8) is 0 Å². The van der Waals surface area contributed by atoms with Gasteiger partial charge in [0, 0.05) is 31.1 Å². The van der Waals surface area contributed by atoms with E-state index >= 15 is 0 Å². The monoisotopic (exact) mass is 413 g/mol. The third-order valence-electron chi connectivity index (χ3n) is 3.53. The molecule has 1 aromatic carbocycles. The van der Waals surface area contributed by atoms with Gasteiger partial charge in [-0.25, -0.2) is 9.10 Å². The third-order valence-corrected chi connectivity index (χ3v) is 4.63. The van der Waals surface area contributed by atoms with Crippen molar-refractivity contribution in [1.82, 2.24) is 9.21 Å². The van der Waals surface area contributed by atoms with Gasteiger partial charge in [0.2, 0.25) is 0 Å². The quantitative estimate of drug-likeness (QED) is 0.557. The van der Waals surface area contributed by atoms with Crippen molar-refractivity contribution < 1.29 is 35.9 Å². The molecule has 12 heteroatoms. The van der Waals surface area contributed by atoms with Gasteiger partial charge in [0.05, 0.1) is 11.6 Å². The first kappa shape index (κ1) is 21.2. The van der Waals surface area contributed by atoms with Crippen LogP contribution in [0.4, 0.5) is 31.1 Å². The lowest BCUT2D eigenvalue weighted by atomic mass is 10.2. The summed E-state index contributed by atoms with van der Waals surface area (Å²) in [6, 6.07) is 8.62. The molecule has 0 spiro atoms. The molecule has 0 bridgehead atoms. The van der Waals surface area contributed by atoms with Crippen LogP contribution in [0.5, 0.6) is 0 Å². The number of hydrogen-bond acceptors (Lipinski definition) is 5. The molecule has 27 heavy (non-hydrogen) atoms. The maximum absolute atomic E-state index is 12.5. The molecular formula is C15H13F6N3O2S. The predicted molar refractivity (Wildman–Crippen MR) is 82.5 cm³/mol. The van der Waals surface area contributed by atoms with Gasteiger partial charge in [0.15, 0.2) is 0 Å². The number of alkyl halides is 6. The summed E-state index contributed by atoms with van der Waals surface area (Å²) in [6.07, 6.45) is -17.3. The number of benzene rings is 1. The Morgan fingerprint density at radius 1 is 1.04 bits per heavy atom. The van der Waals surface area contributed by atoms with Gasteiger partial charge in [0.25, 0.3) is 6.10 Å². The number of nitrogens with zero attached hydrogens (tertiary/aromatic N) is 3. The zero-order valence-electron chi connectivity index (χ0n) is 13.5. The van der Waals surface area contributed by atoms with Crippen molar-refractivity contribution in [1.29, 1.82) is 5.26 Å². The summed E-state index contributed by atoms with van der Waals surface area (Å²) in [4.78, 5) is 13.3. The van der Waals surface area contributed by atoms with Crippen molar-refractivity contribution in [2.45, 2.75) is 23.4 Å². The molecule has 2 rings (SSSR count). The summed E-state index contributed by atoms with van der Waals surface area (Å²) < 4.78 is 80.2. The van der Waals surface area contributed by atoms with E-state index in [-0.39, 0.29) is 26.2 Å². The summed E-state index contributed by atoms with van der Waals surface area (Å²) in [6.45, 7) is 0.292. The standard InChI is InChI=1S/C15H13F6N3O2S/c16-14(17,18)12(15(19,20)21)26-13(25)23-5-7-24(8-6-23)27-11-3-1-10(9-22)2-4-11/h1-4,12H,5-8H2. The summed E-state index contributed by atoms with van der Waals surface area (Å²) >= 11 is 1.31. The highest BCUT2D eigenvalue weighted by Crippen LogP contribution is 2.36. The summed E-state index contributed by atoms with van der Waals surface area (Å²) in [5.74, 6) is 0. The topological polar surface area (TPSA) is 56.6 Å². The van der Waals surface area contributed by atoms with E-state index < -0.39 is 24.5 Å². The van der Waals surface area contributed by atoms with Crippen LogP contribution in [0.15, 0.2) is 29.2 Å². The Balaban J connectivity index is 1.88. The number of halogens is 6. The van der Waals surface area contributed by atoms with E-state index in [4.69, 9.17) is 5.26 Å². The number of carbonyl (C=O) groups excluding carboxylic acids is 1. The van der Waals surface area contributed by atoms with Crippen molar-refractivity contribution in [2.24, 2.45) is 0 Å². The van der Waals surface area contributed by atoms with Gasteiger partial charge in [-0.1, -0.05) is 0 Å². The molecule has 1 heterocycles. The summed E-state index contributed by atoms with van der Waals surface area (Å²) in [7, 11) is 0. The minimum Gasteiger partial charge on any atom is -0.426 e. The van der Waals surface area contributed by atoms with Crippen LogP contribution >= 0.6 is 11.9 Å². The maximum Gasteiger partial charge on any atom is 0.434 e. The van der Waals surface area contributed by atoms with Crippen LogP contribution in [-0.4, -0.2) is 59.9 Å². The molecule has 1 amide bonds. The predicted octanol–water partition coefficient (Wildman–Crippen LogP) is 3.81. The van der Waals surface area contributed by atoms with E-state index in [0.717, 1.165) is 9.80 Å². The maximum atomic E-state index is 12.5. The number of hydrogen-bond donors (Lipinski definition) is 0. The average molecular weight is 413 g/mol. The minimum absolute atomic E-state index is 0.0788. The van der Waals surface area contributed by atoms with Crippen LogP contribution in [0.3, 0.4) is 0 Å². The lowest BCUT2D eigenvalue weighted by Gasteiger charge is -2.34. The fourth-order valence-electron chi connectivity index (χ4n) is 2.20. The molecule has 5 nitrogen and oxygen atoms in total. The second-order valence-electron chi connectivity index (χ2n) is 5.49. The molecule has 1 aromatic rings. The lowest BCUT2D eigenvalue weighted by Crippen LogP contribution is -2.51. The van der Waals surface area contributed by atoms with Gasteiger partial charge in [-0.3, -0.25) is 0 Å². The molecule has 148 valence electrons. The number of piperazine rings is 1.